The number of amides is 3. The molecule has 51 heavy (non-hydrogen) atoms. The highest BCUT2D eigenvalue weighted by Crippen LogP contribution is 2.62. The highest BCUT2D eigenvalue weighted by atomic mass is 32.3. The molecular formula is C37H65N5O8S. The number of piperidine rings is 2. The Morgan fingerprint density at radius 2 is 1.51 bits per heavy atom. The van der Waals surface area contributed by atoms with Gasteiger partial charge in [0.2, 0.25) is 10.4 Å². The summed E-state index contributed by atoms with van der Waals surface area (Å²) >= 11 is 0. The SMILES string of the molecule is CC(C)(C)OC(=O)N1CCC(c2cc([C@@H]3CC4(CC4)[C@@H]4CN3C(=O)N4OS(=O)(=O)[O-])no2)CC1.CCCC[N+](CCCC)(CCCC)CCCC. The molecule has 2 bridgehead atoms. The van der Waals surface area contributed by atoms with Crippen LogP contribution >= 0.6 is 0 Å². The van der Waals surface area contributed by atoms with Crippen molar-refractivity contribution in [3.63, 3.8) is 0 Å². The summed E-state index contributed by atoms with van der Waals surface area (Å²) < 4.78 is 50.5. The minimum Gasteiger partial charge on any atom is -0.724 e. The van der Waals surface area contributed by atoms with Crippen LogP contribution in [0.4, 0.5) is 9.59 Å². The van der Waals surface area contributed by atoms with E-state index in [4.69, 9.17) is 9.26 Å². The van der Waals surface area contributed by atoms with Gasteiger partial charge in [0, 0.05) is 31.6 Å². The molecule has 5 rings (SSSR count). The maximum absolute atomic E-state index is 12.9. The molecule has 0 N–H and O–H groups in total. The topological polar surface area (TPSA) is 146 Å². The molecule has 3 saturated heterocycles. The largest absolute Gasteiger partial charge is 0.724 e. The van der Waals surface area contributed by atoms with Gasteiger partial charge in [-0.25, -0.2) is 18.0 Å². The lowest BCUT2D eigenvalue weighted by molar-refractivity contribution is -0.929. The highest BCUT2D eigenvalue weighted by Gasteiger charge is 2.64. The second-order valence-electron chi connectivity index (χ2n) is 16.4. The molecule has 0 unspecified atom stereocenters. The van der Waals surface area contributed by atoms with Crippen LogP contribution in [-0.4, -0.2) is 107 Å². The van der Waals surface area contributed by atoms with Crippen molar-refractivity contribution in [2.45, 2.75) is 156 Å². The Labute approximate surface area is 306 Å². The standard InChI is InChI=1S/C21H30N4O8S.C16H36N/c1-20(2,3)31-19(27)23-8-4-13(5-9-23)16-10-14(22-32-16)15-11-21(6-7-21)17-12-24(15)18(26)25(17)33-34(28,29)30;1-5-9-13-17(14-10-6-2,15-11-7-3)16-12-8-4/h10,13,15,17H,4-9,11-12H2,1-3H3,(H,28,29,30);5-16H2,1-4H3/q;+1/p-1/t15-,17-;/m0./s1. The number of hydrogen-bond donors (Lipinski definition) is 0. The van der Waals surface area contributed by atoms with Crippen molar-refractivity contribution >= 4 is 22.5 Å². The number of aromatic nitrogens is 1. The van der Waals surface area contributed by atoms with Crippen LogP contribution in [-0.2, 0) is 19.4 Å². The molecule has 1 saturated carbocycles. The third-order valence-corrected chi connectivity index (χ3v) is 11.6. The fraction of sp³-hybridized carbons (Fsp3) is 0.865. The molecule has 4 fully saturated rings. The van der Waals surface area contributed by atoms with E-state index in [1.807, 2.05) is 26.8 Å². The van der Waals surface area contributed by atoms with E-state index < -0.39 is 28.1 Å². The van der Waals surface area contributed by atoms with E-state index in [0.29, 0.717) is 43.8 Å². The first-order valence-electron chi connectivity index (χ1n) is 19.6. The number of hydrogen-bond acceptors (Lipinski definition) is 9. The number of likely N-dealkylation sites (tertiary alicyclic amines) is 1. The molecule has 1 aromatic rings. The summed E-state index contributed by atoms with van der Waals surface area (Å²) in [5.74, 6) is 0.790. The van der Waals surface area contributed by atoms with Gasteiger partial charge in [0.1, 0.15) is 17.1 Å². The molecule has 1 aliphatic carbocycles. The van der Waals surface area contributed by atoms with Crippen LogP contribution in [0.2, 0.25) is 0 Å². The van der Waals surface area contributed by atoms with Crippen molar-refractivity contribution < 1.29 is 40.6 Å². The number of rotatable bonds is 16. The Morgan fingerprint density at radius 3 is 1.96 bits per heavy atom. The first-order chi connectivity index (χ1) is 24.1. The van der Waals surface area contributed by atoms with E-state index in [2.05, 4.69) is 37.1 Å². The first kappa shape index (κ1) is 41.3. The number of urea groups is 1. The van der Waals surface area contributed by atoms with Crippen molar-refractivity contribution in [3.8, 4) is 0 Å². The molecular weight excluding hydrogens is 675 g/mol. The summed E-state index contributed by atoms with van der Waals surface area (Å²) in [4.78, 5) is 28.4. The average Bonchev–Trinajstić information content (AvgIpc) is 3.55. The smallest absolute Gasteiger partial charge is 0.410 e. The van der Waals surface area contributed by atoms with Gasteiger partial charge in [0.05, 0.1) is 38.3 Å². The Bertz CT molecular complexity index is 1350. The van der Waals surface area contributed by atoms with E-state index in [0.717, 1.165) is 17.9 Å². The second kappa shape index (κ2) is 17.6. The molecule has 14 heteroatoms. The first-order valence-corrected chi connectivity index (χ1v) is 21.0. The molecule has 13 nitrogen and oxygen atoms in total. The molecule has 4 heterocycles. The number of quaternary nitrogens is 1. The van der Waals surface area contributed by atoms with E-state index in [-0.39, 0.29) is 30.0 Å². The number of nitrogens with zero attached hydrogens (tertiary/aromatic N) is 5. The third-order valence-electron chi connectivity index (χ3n) is 11.2. The minimum absolute atomic E-state index is 0.0888. The number of ether oxygens (including phenoxy) is 1. The van der Waals surface area contributed by atoms with Gasteiger partial charge in [0.25, 0.3) is 0 Å². The lowest BCUT2D eigenvalue weighted by Crippen LogP contribution is -2.50. The second-order valence-corrected chi connectivity index (χ2v) is 17.4. The Balaban J connectivity index is 0.000000292. The molecule has 0 radical (unpaired) electrons. The maximum atomic E-state index is 12.9. The summed E-state index contributed by atoms with van der Waals surface area (Å²) in [5, 5.41) is 4.99. The zero-order valence-corrected chi connectivity index (χ0v) is 33.2. The van der Waals surface area contributed by atoms with E-state index in [9.17, 15) is 22.6 Å². The van der Waals surface area contributed by atoms with Crippen LogP contribution in [0.1, 0.15) is 155 Å². The van der Waals surface area contributed by atoms with Gasteiger partial charge in [0.15, 0.2) is 0 Å². The fourth-order valence-electron chi connectivity index (χ4n) is 8.05. The van der Waals surface area contributed by atoms with Gasteiger partial charge in [-0.05, 0) is 84.0 Å². The summed E-state index contributed by atoms with van der Waals surface area (Å²) in [6.07, 6.45) is 14.4. The van der Waals surface area contributed by atoms with Crippen LogP contribution in [0.25, 0.3) is 0 Å². The molecule has 1 aromatic heterocycles. The molecule has 0 aromatic carbocycles. The van der Waals surface area contributed by atoms with Gasteiger partial charge in [-0.15, -0.1) is 0 Å². The van der Waals surface area contributed by atoms with Crippen molar-refractivity contribution in [2.24, 2.45) is 5.41 Å². The monoisotopic (exact) mass is 739 g/mol. The van der Waals surface area contributed by atoms with Crippen LogP contribution in [0.5, 0.6) is 0 Å². The average molecular weight is 740 g/mol. The summed E-state index contributed by atoms with van der Waals surface area (Å²) in [7, 11) is -5.06. The molecule has 3 aliphatic heterocycles. The predicted molar refractivity (Wildman–Crippen MR) is 193 cm³/mol. The van der Waals surface area contributed by atoms with Crippen molar-refractivity contribution in [3.05, 3.63) is 17.5 Å². The summed E-state index contributed by atoms with van der Waals surface area (Å²) in [5.41, 5.74) is -0.220. The van der Waals surface area contributed by atoms with Gasteiger partial charge in [-0.1, -0.05) is 58.5 Å². The van der Waals surface area contributed by atoms with Gasteiger partial charge in [-0.2, -0.15) is 9.35 Å². The predicted octanol–water partition coefficient (Wildman–Crippen LogP) is 7.52. The quantitative estimate of drug-likeness (QED) is 0.0955. The van der Waals surface area contributed by atoms with E-state index in [1.54, 1.807) is 4.90 Å². The number of unbranched alkanes of at least 4 members (excludes halogenated alkanes) is 4. The van der Waals surface area contributed by atoms with E-state index in [1.165, 1.54) is 86.9 Å². The van der Waals surface area contributed by atoms with Crippen molar-refractivity contribution in [2.75, 3.05) is 45.8 Å². The van der Waals surface area contributed by atoms with Crippen LogP contribution in [0.3, 0.4) is 0 Å². The number of fused-ring (bicyclic) bond motifs is 3. The Hall–Kier alpha value is -2.42. The normalized spacial score (nSPS) is 22.0. The molecule has 3 amide bonds. The maximum Gasteiger partial charge on any atom is 0.410 e. The highest BCUT2D eigenvalue weighted by molar-refractivity contribution is 7.80. The van der Waals surface area contributed by atoms with Gasteiger partial charge >= 0.3 is 12.1 Å². The molecule has 292 valence electrons. The van der Waals surface area contributed by atoms with Gasteiger partial charge < -0.3 is 28.1 Å². The number of carbonyl (C=O) groups excluding carboxylic acids is 2. The van der Waals surface area contributed by atoms with Gasteiger partial charge in [-0.3, -0.25) is 0 Å². The van der Waals surface area contributed by atoms with Crippen LogP contribution in [0, 0.1) is 5.41 Å². The number of carbonyl (C=O) groups is 2. The zero-order chi connectivity index (χ0) is 37.5. The lowest BCUT2D eigenvalue weighted by atomic mass is 9.84. The third kappa shape index (κ3) is 11.1. The Kier molecular flexibility index (Phi) is 14.3. The van der Waals surface area contributed by atoms with Crippen molar-refractivity contribution in [1.29, 1.82) is 0 Å². The Morgan fingerprint density at radius 1 is 0.980 bits per heavy atom. The number of hydroxylamine groups is 2. The van der Waals surface area contributed by atoms with E-state index >= 15 is 0 Å². The molecule has 1 spiro atoms. The lowest BCUT2D eigenvalue weighted by Gasteiger charge is -2.39. The van der Waals surface area contributed by atoms with Crippen molar-refractivity contribution in [1.82, 2.24) is 20.0 Å². The molecule has 4 aliphatic rings. The fourth-order valence-corrected chi connectivity index (χ4v) is 8.41. The van der Waals surface area contributed by atoms with Crippen LogP contribution < -0.4 is 0 Å². The summed E-state index contributed by atoms with van der Waals surface area (Å²) in [6, 6.07) is 0.362. The molecule has 2 atom stereocenters. The zero-order valence-electron chi connectivity index (χ0n) is 32.4. The summed E-state index contributed by atoms with van der Waals surface area (Å²) in [6.45, 7) is 21.9. The minimum atomic E-state index is -5.06. The van der Waals surface area contributed by atoms with Crippen LogP contribution in [0.15, 0.2) is 10.6 Å².